The van der Waals surface area contributed by atoms with Crippen LogP contribution in [0, 0.1) is 13.8 Å². The number of pyridine rings is 1. The van der Waals surface area contributed by atoms with E-state index in [2.05, 4.69) is 47.2 Å². The minimum Gasteiger partial charge on any atom is -0.506 e. The van der Waals surface area contributed by atoms with Crippen molar-refractivity contribution in [2.45, 2.75) is 20.3 Å². The number of aryl methyl sites for hydroxylation is 2. The van der Waals surface area contributed by atoms with Crippen LogP contribution >= 0.6 is 0 Å². The maximum Gasteiger partial charge on any atom is 0.259 e. The highest BCUT2D eigenvalue weighted by Crippen LogP contribution is 2.21. The van der Waals surface area contributed by atoms with Gasteiger partial charge in [-0.15, -0.1) is 0 Å². The third-order valence-corrected chi connectivity index (χ3v) is 3.08. The molecule has 0 aliphatic heterocycles. The molecule has 0 aliphatic rings. The lowest BCUT2D eigenvalue weighted by Gasteiger charge is -2.01. The van der Waals surface area contributed by atoms with Crippen LogP contribution in [0.25, 0.3) is 11.5 Å². The van der Waals surface area contributed by atoms with Gasteiger partial charge >= 0.3 is 0 Å². The molecule has 3 rings (SSSR count). The van der Waals surface area contributed by atoms with Crippen molar-refractivity contribution in [1.29, 1.82) is 0 Å². The van der Waals surface area contributed by atoms with Crippen LogP contribution in [0.5, 0.6) is 5.75 Å². The fraction of sp³-hybridized carbons (Fsp3) is 0.188. The average Bonchev–Trinajstić information content (AvgIpc) is 2.86. The molecule has 106 valence electrons. The summed E-state index contributed by atoms with van der Waals surface area (Å²) in [5.41, 5.74) is 4.18. The van der Waals surface area contributed by atoms with Gasteiger partial charge in [0, 0.05) is 12.6 Å². The van der Waals surface area contributed by atoms with Crippen molar-refractivity contribution in [2.75, 3.05) is 0 Å². The molecule has 1 N–H and O–H groups in total. The summed E-state index contributed by atoms with van der Waals surface area (Å²) < 4.78 is 5.23. The Labute approximate surface area is 122 Å². The van der Waals surface area contributed by atoms with Gasteiger partial charge in [0.2, 0.25) is 0 Å². The molecule has 0 unspecified atom stereocenters. The predicted octanol–water partition coefficient (Wildman–Crippen LogP) is 3.04. The first-order valence-corrected chi connectivity index (χ1v) is 6.64. The Morgan fingerprint density at radius 3 is 2.52 bits per heavy atom. The van der Waals surface area contributed by atoms with E-state index < -0.39 is 0 Å². The molecule has 1 aromatic carbocycles. The van der Waals surface area contributed by atoms with Crippen LogP contribution < -0.4 is 0 Å². The largest absolute Gasteiger partial charge is 0.506 e. The molecular weight excluding hydrogens is 266 g/mol. The quantitative estimate of drug-likeness (QED) is 0.798. The van der Waals surface area contributed by atoms with Crippen LogP contribution in [-0.4, -0.2) is 20.2 Å². The molecule has 2 heterocycles. The number of hydrogen-bond acceptors (Lipinski definition) is 5. The van der Waals surface area contributed by atoms with Crippen LogP contribution in [0.1, 0.15) is 22.5 Å². The first-order chi connectivity index (χ1) is 10.1. The van der Waals surface area contributed by atoms with Gasteiger partial charge in [-0.3, -0.25) is 4.98 Å². The first kappa shape index (κ1) is 13.3. The normalized spacial score (nSPS) is 10.8. The molecule has 21 heavy (non-hydrogen) atoms. The molecule has 0 bridgehead atoms. The Balaban J connectivity index is 1.85. The Morgan fingerprint density at radius 2 is 1.81 bits per heavy atom. The van der Waals surface area contributed by atoms with Gasteiger partial charge in [0.05, 0.1) is 11.8 Å². The maximum atomic E-state index is 9.43. The number of rotatable bonds is 3. The molecule has 3 aromatic rings. The van der Waals surface area contributed by atoms with Gasteiger partial charge in [-0.25, -0.2) is 0 Å². The summed E-state index contributed by atoms with van der Waals surface area (Å²) >= 11 is 0. The van der Waals surface area contributed by atoms with Crippen molar-refractivity contribution in [1.82, 2.24) is 15.1 Å². The Bertz CT molecular complexity index is 760. The summed E-state index contributed by atoms with van der Waals surface area (Å²) in [4.78, 5) is 8.25. The van der Waals surface area contributed by atoms with E-state index >= 15 is 0 Å². The third kappa shape index (κ3) is 3.08. The molecule has 0 atom stereocenters. The Kier molecular flexibility index (Phi) is 3.39. The van der Waals surface area contributed by atoms with E-state index in [4.69, 9.17) is 4.52 Å². The smallest absolute Gasteiger partial charge is 0.259 e. The maximum absolute atomic E-state index is 9.43. The van der Waals surface area contributed by atoms with E-state index in [0.29, 0.717) is 23.7 Å². The summed E-state index contributed by atoms with van der Waals surface area (Å²) in [6, 6.07) is 7.89. The molecule has 5 heteroatoms. The van der Waals surface area contributed by atoms with Crippen molar-refractivity contribution < 1.29 is 9.63 Å². The highest BCUT2D eigenvalue weighted by molar-refractivity contribution is 5.53. The summed E-state index contributed by atoms with van der Waals surface area (Å²) in [7, 11) is 0. The Hall–Kier alpha value is -2.69. The number of aromatic hydroxyl groups is 1. The second-order valence-corrected chi connectivity index (χ2v) is 5.12. The summed E-state index contributed by atoms with van der Waals surface area (Å²) in [6.07, 6.45) is 3.54. The SMILES string of the molecule is Cc1cc(C)cc(Cc2noc(-c3cncc(O)c3)n2)c1. The van der Waals surface area contributed by atoms with E-state index in [1.807, 2.05) is 0 Å². The fourth-order valence-corrected chi connectivity index (χ4v) is 2.34. The van der Waals surface area contributed by atoms with E-state index in [-0.39, 0.29) is 5.75 Å². The lowest BCUT2D eigenvalue weighted by Crippen LogP contribution is -1.92. The summed E-state index contributed by atoms with van der Waals surface area (Å²) in [5.74, 6) is 1.04. The standard InChI is InChI=1S/C16H15N3O2/c1-10-3-11(2)5-12(4-10)6-15-18-16(21-19-15)13-7-14(20)9-17-8-13/h3-5,7-9,20H,6H2,1-2H3. The van der Waals surface area contributed by atoms with Gasteiger partial charge in [0.1, 0.15) is 5.75 Å². The number of nitrogens with zero attached hydrogens (tertiary/aromatic N) is 3. The Morgan fingerprint density at radius 1 is 1.05 bits per heavy atom. The first-order valence-electron chi connectivity index (χ1n) is 6.64. The average molecular weight is 281 g/mol. The lowest BCUT2D eigenvalue weighted by molar-refractivity contribution is 0.423. The van der Waals surface area contributed by atoms with Crippen molar-refractivity contribution in [3.8, 4) is 17.2 Å². The third-order valence-electron chi connectivity index (χ3n) is 3.08. The van der Waals surface area contributed by atoms with E-state index in [0.717, 1.165) is 5.56 Å². The molecule has 0 aliphatic carbocycles. The van der Waals surface area contributed by atoms with Crippen molar-refractivity contribution in [3.05, 3.63) is 59.2 Å². The molecule has 0 amide bonds. The van der Waals surface area contributed by atoms with Crippen molar-refractivity contribution >= 4 is 0 Å². The lowest BCUT2D eigenvalue weighted by atomic mass is 10.1. The minimum absolute atomic E-state index is 0.0709. The van der Waals surface area contributed by atoms with E-state index in [9.17, 15) is 5.11 Å². The fourth-order valence-electron chi connectivity index (χ4n) is 2.34. The van der Waals surface area contributed by atoms with Gasteiger partial charge in [0.25, 0.3) is 5.89 Å². The predicted molar refractivity (Wildman–Crippen MR) is 77.9 cm³/mol. The molecule has 5 nitrogen and oxygen atoms in total. The van der Waals surface area contributed by atoms with Gasteiger partial charge in [-0.1, -0.05) is 34.5 Å². The number of benzene rings is 1. The molecule has 0 fully saturated rings. The number of aromatic nitrogens is 3. The second kappa shape index (κ2) is 5.36. The van der Waals surface area contributed by atoms with E-state index in [1.54, 1.807) is 12.3 Å². The van der Waals surface area contributed by atoms with Crippen LogP contribution in [0.4, 0.5) is 0 Å². The highest BCUT2D eigenvalue weighted by atomic mass is 16.5. The van der Waals surface area contributed by atoms with Gasteiger partial charge < -0.3 is 9.63 Å². The molecule has 0 saturated carbocycles. The van der Waals surface area contributed by atoms with Gasteiger partial charge in [-0.2, -0.15) is 4.98 Å². The minimum atomic E-state index is 0.0709. The summed E-state index contributed by atoms with van der Waals surface area (Å²) in [5, 5.41) is 13.4. The molecule has 0 radical (unpaired) electrons. The number of hydrogen-bond donors (Lipinski definition) is 1. The van der Waals surface area contributed by atoms with E-state index in [1.165, 1.54) is 17.3 Å². The topological polar surface area (TPSA) is 72.0 Å². The second-order valence-electron chi connectivity index (χ2n) is 5.12. The molecule has 0 saturated heterocycles. The van der Waals surface area contributed by atoms with Crippen LogP contribution in [0.15, 0.2) is 41.2 Å². The van der Waals surface area contributed by atoms with Crippen molar-refractivity contribution in [2.24, 2.45) is 0 Å². The molecular formula is C16H15N3O2. The zero-order valence-electron chi connectivity index (χ0n) is 11.9. The van der Waals surface area contributed by atoms with Crippen molar-refractivity contribution in [3.63, 3.8) is 0 Å². The monoisotopic (exact) mass is 281 g/mol. The molecule has 2 aromatic heterocycles. The van der Waals surface area contributed by atoms with Crippen LogP contribution in [0.3, 0.4) is 0 Å². The van der Waals surface area contributed by atoms with Gasteiger partial charge in [0.15, 0.2) is 5.82 Å². The summed E-state index contributed by atoms with van der Waals surface area (Å²) in [6.45, 7) is 4.13. The highest BCUT2D eigenvalue weighted by Gasteiger charge is 2.10. The van der Waals surface area contributed by atoms with Crippen LogP contribution in [-0.2, 0) is 6.42 Å². The zero-order chi connectivity index (χ0) is 14.8. The van der Waals surface area contributed by atoms with Gasteiger partial charge in [-0.05, 0) is 25.5 Å². The zero-order valence-corrected chi connectivity index (χ0v) is 11.9. The molecule has 0 spiro atoms. The van der Waals surface area contributed by atoms with Crippen LogP contribution in [0.2, 0.25) is 0 Å².